The number of carbonyl (C=O) groups is 2. The molecule has 0 saturated carbocycles. The van der Waals surface area contributed by atoms with Crippen LogP contribution in [0.15, 0.2) is 35.5 Å². The number of unbranched alkanes of at least 4 members (excludes halogenated alkanes) is 1. The number of aliphatic hydroxyl groups excluding tert-OH is 1. The summed E-state index contributed by atoms with van der Waals surface area (Å²) in [4.78, 5) is 22.4. The summed E-state index contributed by atoms with van der Waals surface area (Å²) in [5.74, 6) is -0.652. The lowest BCUT2D eigenvalue weighted by atomic mass is 10.0. The lowest BCUT2D eigenvalue weighted by Crippen LogP contribution is -2.01. The van der Waals surface area contributed by atoms with Crippen molar-refractivity contribution in [2.24, 2.45) is 0 Å². The van der Waals surface area contributed by atoms with Gasteiger partial charge in [-0.15, -0.1) is 0 Å². The lowest BCUT2D eigenvalue weighted by Gasteiger charge is -2.04. The Morgan fingerprint density at radius 1 is 1.27 bits per heavy atom. The van der Waals surface area contributed by atoms with Gasteiger partial charge in [0.05, 0.1) is 6.10 Å². The highest BCUT2D eigenvalue weighted by molar-refractivity contribution is 6.01. The molecular weight excluding hydrogens is 280 g/mol. The van der Waals surface area contributed by atoms with Crippen LogP contribution in [0.25, 0.3) is 0 Å². The fraction of sp³-hybridized carbons (Fsp3) is 0.556. The summed E-state index contributed by atoms with van der Waals surface area (Å²) in [5.41, 5.74) is 1.82. The minimum Gasteiger partial charge on any atom is -0.481 e. The first kappa shape index (κ1) is 18.4. The van der Waals surface area contributed by atoms with Crippen molar-refractivity contribution in [1.82, 2.24) is 0 Å². The maximum Gasteiger partial charge on any atom is 0.303 e. The molecule has 0 spiro atoms. The van der Waals surface area contributed by atoms with E-state index in [1.54, 1.807) is 12.2 Å². The van der Waals surface area contributed by atoms with E-state index in [0.717, 1.165) is 31.3 Å². The van der Waals surface area contributed by atoms with Crippen molar-refractivity contribution in [3.05, 3.63) is 35.5 Å². The first-order valence-electron chi connectivity index (χ1n) is 8.02. The Morgan fingerprint density at radius 3 is 2.73 bits per heavy atom. The molecule has 4 nitrogen and oxygen atoms in total. The Morgan fingerprint density at radius 2 is 2.05 bits per heavy atom. The summed E-state index contributed by atoms with van der Waals surface area (Å²) in [5, 5.41) is 18.5. The van der Waals surface area contributed by atoms with Crippen LogP contribution in [-0.4, -0.2) is 28.1 Å². The molecule has 0 aromatic carbocycles. The van der Waals surface area contributed by atoms with Gasteiger partial charge in [0.15, 0.2) is 5.78 Å². The van der Waals surface area contributed by atoms with Crippen LogP contribution in [0, 0.1) is 0 Å². The van der Waals surface area contributed by atoms with Crippen LogP contribution in [0.1, 0.15) is 58.3 Å². The van der Waals surface area contributed by atoms with Crippen LogP contribution < -0.4 is 0 Å². The smallest absolute Gasteiger partial charge is 0.303 e. The molecule has 22 heavy (non-hydrogen) atoms. The highest BCUT2D eigenvalue weighted by Gasteiger charge is 2.20. The Kier molecular flexibility index (Phi) is 8.44. The first-order chi connectivity index (χ1) is 10.5. The number of carbonyl (C=O) groups excluding carboxylic acids is 1. The third-order valence-corrected chi connectivity index (χ3v) is 3.72. The minimum absolute atomic E-state index is 0.126. The van der Waals surface area contributed by atoms with Crippen molar-refractivity contribution in [1.29, 1.82) is 0 Å². The largest absolute Gasteiger partial charge is 0.481 e. The van der Waals surface area contributed by atoms with Gasteiger partial charge in [-0.1, -0.05) is 36.8 Å². The monoisotopic (exact) mass is 306 g/mol. The lowest BCUT2D eigenvalue weighted by molar-refractivity contribution is -0.137. The molecule has 0 aliphatic heterocycles. The number of hydrogen-bond acceptors (Lipinski definition) is 3. The number of aliphatic hydroxyl groups is 1. The molecule has 1 rings (SSSR count). The highest BCUT2D eigenvalue weighted by Crippen LogP contribution is 2.28. The molecule has 1 atom stereocenters. The summed E-state index contributed by atoms with van der Waals surface area (Å²) < 4.78 is 0. The number of Topliss-reactive ketones (excluding diaryl/α,β-unsaturated/α-hetero) is 1. The van der Waals surface area contributed by atoms with Crippen LogP contribution in [-0.2, 0) is 9.59 Å². The van der Waals surface area contributed by atoms with Gasteiger partial charge in [-0.05, 0) is 38.5 Å². The van der Waals surface area contributed by atoms with E-state index in [1.807, 2.05) is 19.1 Å². The predicted octanol–water partition coefficient (Wildman–Crippen LogP) is 3.56. The third kappa shape index (κ3) is 6.85. The van der Waals surface area contributed by atoms with Crippen LogP contribution in [0.4, 0.5) is 0 Å². The van der Waals surface area contributed by atoms with Gasteiger partial charge in [-0.2, -0.15) is 0 Å². The van der Waals surface area contributed by atoms with E-state index in [0.29, 0.717) is 24.8 Å². The fourth-order valence-electron chi connectivity index (χ4n) is 2.50. The maximum atomic E-state index is 11.9. The Bertz CT molecular complexity index is 471. The zero-order chi connectivity index (χ0) is 16.4. The van der Waals surface area contributed by atoms with Crippen LogP contribution in [0.2, 0.25) is 0 Å². The Balaban J connectivity index is 2.54. The van der Waals surface area contributed by atoms with Gasteiger partial charge in [0.2, 0.25) is 0 Å². The molecule has 0 aromatic rings. The maximum absolute atomic E-state index is 11.9. The summed E-state index contributed by atoms with van der Waals surface area (Å²) in [6.07, 6.45) is 11.9. The normalized spacial score (nSPS) is 17.1. The van der Waals surface area contributed by atoms with Gasteiger partial charge >= 0.3 is 5.97 Å². The average molecular weight is 306 g/mol. The van der Waals surface area contributed by atoms with E-state index < -0.39 is 12.1 Å². The molecule has 1 aliphatic rings. The molecular formula is C18H26O4. The minimum atomic E-state index is -0.778. The van der Waals surface area contributed by atoms with E-state index in [2.05, 4.69) is 0 Å². The van der Waals surface area contributed by atoms with E-state index >= 15 is 0 Å². The molecule has 0 amide bonds. The number of rotatable bonds is 10. The molecule has 0 heterocycles. The predicted molar refractivity (Wildman–Crippen MR) is 86.6 cm³/mol. The van der Waals surface area contributed by atoms with Crippen LogP contribution in [0.5, 0.6) is 0 Å². The molecule has 122 valence electrons. The molecule has 2 N–H and O–H groups in total. The van der Waals surface area contributed by atoms with Gasteiger partial charge < -0.3 is 10.2 Å². The standard InChI is InChI=1S/C18H26O4/c1-2-3-4-8-15(19)11-12-16-14(10-13-17(16)20)7-5-6-9-18(21)22/h3-4,11-12,15,19H,2,5-10,13H2,1H3,(H,21,22)/b4-3-,12-11+/t15-/m0/s1. The SMILES string of the molecule is CC/C=C\C[C@H](O)/C=C/C1=C(CCCCC(=O)O)CCC1=O. The summed E-state index contributed by atoms with van der Waals surface area (Å²) in [6, 6.07) is 0. The second kappa shape index (κ2) is 10.1. The summed E-state index contributed by atoms with van der Waals surface area (Å²) in [6.45, 7) is 2.04. The number of carboxylic acid groups (broad SMARTS) is 1. The number of allylic oxidation sites excluding steroid dienone is 4. The van der Waals surface area contributed by atoms with Crippen molar-refractivity contribution >= 4 is 11.8 Å². The third-order valence-electron chi connectivity index (χ3n) is 3.72. The molecule has 0 saturated heterocycles. The van der Waals surface area contributed by atoms with E-state index in [-0.39, 0.29) is 12.2 Å². The molecule has 0 unspecified atom stereocenters. The van der Waals surface area contributed by atoms with Gasteiger partial charge in [-0.3, -0.25) is 9.59 Å². The quantitative estimate of drug-likeness (QED) is 0.478. The summed E-state index contributed by atoms with van der Waals surface area (Å²) >= 11 is 0. The van der Waals surface area contributed by atoms with E-state index in [1.165, 1.54) is 0 Å². The van der Waals surface area contributed by atoms with Crippen molar-refractivity contribution < 1.29 is 19.8 Å². The Labute approximate surface area is 132 Å². The Hall–Kier alpha value is -1.68. The number of carboxylic acids is 1. The van der Waals surface area contributed by atoms with Crippen molar-refractivity contribution in [3.8, 4) is 0 Å². The molecule has 0 bridgehead atoms. The van der Waals surface area contributed by atoms with E-state index in [4.69, 9.17) is 5.11 Å². The highest BCUT2D eigenvalue weighted by atomic mass is 16.4. The second-order valence-electron chi connectivity index (χ2n) is 5.58. The molecule has 4 heteroatoms. The fourth-order valence-corrected chi connectivity index (χ4v) is 2.50. The zero-order valence-corrected chi connectivity index (χ0v) is 13.3. The van der Waals surface area contributed by atoms with Gasteiger partial charge in [0.25, 0.3) is 0 Å². The molecule has 1 aliphatic carbocycles. The molecule has 0 fully saturated rings. The number of hydrogen-bond donors (Lipinski definition) is 2. The van der Waals surface area contributed by atoms with Crippen LogP contribution >= 0.6 is 0 Å². The second-order valence-corrected chi connectivity index (χ2v) is 5.58. The topological polar surface area (TPSA) is 74.6 Å². The first-order valence-corrected chi connectivity index (χ1v) is 8.02. The average Bonchev–Trinajstić information content (AvgIpc) is 2.82. The van der Waals surface area contributed by atoms with Crippen molar-refractivity contribution in [2.75, 3.05) is 0 Å². The van der Waals surface area contributed by atoms with Crippen molar-refractivity contribution in [3.63, 3.8) is 0 Å². The van der Waals surface area contributed by atoms with Gasteiger partial charge in [-0.25, -0.2) is 0 Å². The molecule has 0 radical (unpaired) electrons. The van der Waals surface area contributed by atoms with E-state index in [9.17, 15) is 14.7 Å². The zero-order valence-electron chi connectivity index (χ0n) is 13.3. The number of ketones is 1. The van der Waals surface area contributed by atoms with Crippen molar-refractivity contribution in [2.45, 2.75) is 64.4 Å². The van der Waals surface area contributed by atoms with Gasteiger partial charge in [0.1, 0.15) is 0 Å². The number of aliphatic carboxylic acids is 1. The van der Waals surface area contributed by atoms with Crippen LogP contribution in [0.3, 0.4) is 0 Å². The van der Waals surface area contributed by atoms with Gasteiger partial charge in [0, 0.05) is 18.4 Å². The molecule has 0 aromatic heterocycles. The summed E-state index contributed by atoms with van der Waals surface area (Å²) in [7, 11) is 0.